The van der Waals surface area contributed by atoms with E-state index in [-0.39, 0.29) is 11.5 Å². The number of nitrogens with zero attached hydrogens (tertiary/aromatic N) is 1. The monoisotopic (exact) mass is 311 g/mol. The largest absolute Gasteiger partial charge is 0.325 e. The number of carbonyl (C=O) groups is 1. The Morgan fingerprint density at radius 2 is 1.96 bits per heavy atom. The summed E-state index contributed by atoms with van der Waals surface area (Å²) in [6, 6.07) is 11.4. The molecule has 0 aromatic heterocycles. The second-order valence-corrected chi connectivity index (χ2v) is 6.16. The van der Waals surface area contributed by atoms with E-state index in [1.165, 1.54) is 18.6 Å². The molecule has 1 aliphatic heterocycles. The lowest BCUT2D eigenvalue weighted by Gasteiger charge is -2.46. The quantitative estimate of drug-likeness (QED) is 0.787. The van der Waals surface area contributed by atoms with Gasteiger partial charge < -0.3 is 4.90 Å². The van der Waals surface area contributed by atoms with E-state index < -0.39 is 17.2 Å². The highest BCUT2D eigenvalue weighted by atomic mass is 19.1. The van der Waals surface area contributed by atoms with Crippen molar-refractivity contribution in [1.82, 2.24) is 4.90 Å². The minimum Gasteiger partial charge on any atom is -0.325 e. The van der Waals surface area contributed by atoms with E-state index in [0.717, 1.165) is 17.7 Å². The molecule has 23 heavy (non-hydrogen) atoms. The average Bonchev–Trinajstić information content (AvgIpc) is 2.91. The van der Waals surface area contributed by atoms with E-state index in [4.69, 9.17) is 0 Å². The molecule has 1 amide bonds. The van der Waals surface area contributed by atoms with Crippen LogP contribution in [0.2, 0.25) is 0 Å². The maximum absolute atomic E-state index is 14.1. The number of fused-ring (bicyclic) bond motifs is 2. The van der Waals surface area contributed by atoms with Gasteiger partial charge in [0.1, 0.15) is 11.6 Å². The molecule has 4 heteroatoms. The van der Waals surface area contributed by atoms with Crippen molar-refractivity contribution < 1.29 is 13.6 Å². The van der Waals surface area contributed by atoms with Crippen LogP contribution in [-0.2, 0) is 16.8 Å². The molecule has 0 radical (unpaired) electrons. The molecule has 0 N–H and O–H groups in total. The van der Waals surface area contributed by atoms with Crippen molar-refractivity contribution in [2.75, 3.05) is 6.54 Å². The fourth-order valence-electron chi connectivity index (χ4n) is 3.77. The van der Waals surface area contributed by atoms with E-state index >= 15 is 0 Å². The van der Waals surface area contributed by atoms with Crippen LogP contribution >= 0.6 is 0 Å². The zero-order chi connectivity index (χ0) is 16.2. The van der Waals surface area contributed by atoms with E-state index in [2.05, 4.69) is 0 Å². The van der Waals surface area contributed by atoms with E-state index in [0.29, 0.717) is 18.5 Å². The fourth-order valence-corrected chi connectivity index (χ4v) is 3.77. The lowest BCUT2D eigenvalue weighted by Crippen LogP contribution is -2.51. The second kappa shape index (κ2) is 4.75. The Morgan fingerprint density at radius 1 is 1.17 bits per heavy atom. The molecule has 4 rings (SSSR count). The molecule has 1 aliphatic carbocycles. The van der Waals surface area contributed by atoms with Gasteiger partial charge in [-0.3, -0.25) is 4.79 Å². The van der Waals surface area contributed by atoms with E-state index in [1.54, 1.807) is 4.90 Å². The van der Waals surface area contributed by atoms with E-state index in [1.807, 2.05) is 30.3 Å². The van der Waals surface area contributed by atoms with Gasteiger partial charge in [0.2, 0.25) is 5.91 Å². The molecule has 0 saturated heterocycles. The first-order chi connectivity index (χ1) is 11.0. The molecule has 0 saturated carbocycles. The van der Waals surface area contributed by atoms with Crippen molar-refractivity contribution in [3.05, 3.63) is 76.9 Å². The van der Waals surface area contributed by atoms with Crippen LogP contribution in [0.5, 0.6) is 0 Å². The topological polar surface area (TPSA) is 20.3 Å². The molecular weight excluding hydrogens is 296 g/mol. The Kier molecular flexibility index (Phi) is 2.92. The third-order valence-corrected chi connectivity index (χ3v) is 4.82. The number of halogens is 2. The van der Waals surface area contributed by atoms with Crippen molar-refractivity contribution in [2.45, 2.75) is 18.9 Å². The lowest BCUT2D eigenvalue weighted by molar-refractivity contribution is -0.133. The first-order valence-electron chi connectivity index (χ1n) is 7.55. The molecule has 2 nitrogen and oxygen atoms in total. The molecule has 116 valence electrons. The number of hydrogen-bond donors (Lipinski definition) is 0. The third-order valence-electron chi connectivity index (χ3n) is 4.82. The molecule has 1 heterocycles. The summed E-state index contributed by atoms with van der Waals surface area (Å²) in [6.45, 7) is 1.81. The van der Waals surface area contributed by atoms with Crippen LogP contribution in [0.15, 0.2) is 48.5 Å². The average molecular weight is 311 g/mol. The van der Waals surface area contributed by atoms with Gasteiger partial charge in [0, 0.05) is 25.5 Å². The Morgan fingerprint density at radius 3 is 2.70 bits per heavy atom. The predicted octanol–water partition coefficient (Wildman–Crippen LogP) is 3.66. The molecular formula is C19H15F2NO. The Bertz CT molecular complexity index is 858. The van der Waals surface area contributed by atoms with Gasteiger partial charge in [0.05, 0.1) is 5.54 Å². The molecule has 1 unspecified atom stereocenters. The van der Waals surface area contributed by atoms with Gasteiger partial charge in [-0.25, -0.2) is 8.78 Å². The van der Waals surface area contributed by atoms with Gasteiger partial charge in [-0.2, -0.15) is 0 Å². The highest BCUT2D eigenvalue weighted by Gasteiger charge is 2.50. The summed E-state index contributed by atoms with van der Waals surface area (Å²) in [5.41, 5.74) is 2.64. The standard InChI is InChI=1S/C19H15F2NO/c1-12(23)22-11-14(16-8-15(20)6-7-18(16)21)10-19(22)9-13-4-2-3-5-17(13)19/h2-8,10H,9,11H2,1H3. The molecule has 2 aliphatic rings. The maximum Gasteiger partial charge on any atom is 0.220 e. The first-order valence-corrected chi connectivity index (χ1v) is 7.55. The van der Waals surface area contributed by atoms with Gasteiger partial charge in [-0.15, -0.1) is 0 Å². The van der Waals surface area contributed by atoms with Crippen LogP contribution < -0.4 is 0 Å². The van der Waals surface area contributed by atoms with Gasteiger partial charge >= 0.3 is 0 Å². The van der Waals surface area contributed by atoms with Crippen molar-refractivity contribution in [3.8, 4) is 0 Å². The fraction of sp³-hybridized carbons (Fsp3) is 0.211. The van der Waals surface area contributed by atoms with E-state index in [9.17, 15) is 13.6 Å². The molecule has 2 aromatic rings. The summed E-state index contributed by atoms with van der Waals surface area (Å²) < 4.78 is 27.6. The predicted molar refractivity (Wildman–Crippen MR) is 83.5 cm³/mol. The van der Waals surface area contributed by atoms with Crippen molar-refractivity contribution in [1.29, 1.82) is 0 Å². The van der Waals surface area contributed by atoms with Crippen LogP contribution in [0, 0.1) is 11.6 Å². The van der Waals surface area contributed by atoms with Crippen LogP contribution in [0.4, 0.5) is 8.78 Å². The van der Waals surface area contributed by atoms with Crippen LogP contribution in [-0.4, -0.2) is 17.4 Å². The van der Waals surface area contributed by atoms with Crippen LogP contribution in [0.25, 0.3) is 5.57 Å². The summed E-state index contributed by atoms with van der Waals surface area (Å²) in [4.78, 5) is 13.9. The van der Waals surface area contributed by atoms with Crippen molar-refractivity contribution >= 4 is 11.5 Å². The Hall–Kier alpha value is -2.49. The maximum atomic E-state index is 14.1. The van der Waals surface area contributed by atoms with Crippen LogP contribution in [0.1, 0.15) is 23.6 Å². The minimum atomic E-state index is -0.517. The molecule has 1 atom stereocenters. The highest BCUT2D eigenvalue weighted by molar-refractivity contribution is 5.84. The third kappa shape index (κ3) is 1.94. The normalized spacial score (nSPS) is 21.9. The summed E-state index contributed by atoms with van der Waals surface area (Å²) in [5, 5.41) is 0. The molecule has 0 fully saturated rings. The Labute approximate surface area is 133 Å². The minimum absolute atomic E-state index is 0.0671. The number of rotatable bonds is 1. The van der Waals surface area contributed by atoms with Gasteiger partial charge in [-0.1, -0.05) is 24.3 Å². The smallest absolute Gasteiger partial charge is 0.220 e. The molecule has 0 bridgehead atoms. The zero-order valence-electron chi connectivity index (χ0n) is 12.6. The van der Waals surface area contributed by atoms with Gasteiger partial charge in [0.25, 0.3) is 0 Å². The summed E-state index contributed by atoms with van der Waals surface area (Å²) >= 11 is 0. The van der Waals surface area contributed by atoms with Gasteiger partial charge in [-0.05, 0) is 41.0 Å². The highest BCUT2D eigenvalue weighted by Crippen LogP contribution is 2.50. The SMILES string of the molecule is CC(=O)N1CC(c2cc(F)ccc2F)=CC12Cc1ccccc12. The lowest BCUT2D eigenvalue weighted by atomic mass is 9.70. The first kappa shape index (κ1) is 14.1. The Balaban J connectivity index is 1.85. The summed E-state index contributed by atoms with van der Waals surface area (Å²) in [7, 11) is 0. The van der Waals surface area contributed by atoms with Crippen molar-refractivity contribution in [2.24, 2.45) is 0 Å². The van der Waals surface area contributed by atoms with Gasteiger partial charge in [0.15, 0.2) is 0 Å². The number of benzene rings is 2. The summed E-state index contributed by atoms with van der Waals surface area (Å²) in [6.07, 6.45) is 2.64. The number of carbonyl (C=O) groups excluding carboxylic acids is 1. The summed E-state index contributed by atoms with van der Waals surface area (Å²) in [5.74, 6) is -1.01. The zero-order valence-corrected chi connectivity index (χ0v) is 12.6. The molecule has 1 spiro atoms. The second-order valence-electron chi connectivity index (χ2n) is 6.16. The number of amides is 1. The van der Waals surface area contributed by atoms with Crippen LogP contribution in [0.3, 0.4) is 0 Å². The molecule has 2 aromatic carbocycles. The van der Waals surface area contributed by atoms with Crippen molar-refractivity contribution in [3.63, 3.8) is 0 Å². The number of hydrogen-bond acceptors (Lipinski definition) is 1.